The Hall–Kier alpha value is 0. The lowest BCUT2D eigenvalue weighted by Crippen LogP contribution is -1.95. The Morgan fingerprint density at radius 2 is 1.36 bits per heavy atom. The molecular weight excluding hydrogens is 132 g/mol. The fourth-order valence-electron chi connectivity index (χ4n) is 0.822. The third-order valence-corrected chi connectivity index (χ3v) is 1.93. The summed E-state index contributed by atoms with van der Waals surface area (Å²) in [7, 11) is 0. The first-order valence-corrected chi connectivity index (χ1v) is 5.16. The molecule has 0 aromatic rings. The maximum absolute atomic E-state index is 2.34. The fraction of sp³-hybridized carbons (Fsp3) is 1.00. The molecule has 0 saturated heterocycles. The van der Waals surface area contributed by atoms with Crippen LogP contribution >= 0.6 is 0 Å². The lowest BCUT2D eigenvalue weighted by atomic mass is 9.98. The molecule has 1 atom stereocenters. The highest BCUT2D eigenvalue weighted by Crippen LogP contribution is 2.13. The van der Waals surface area contributed by atoms with Crippen LogP contribution in [0, 0.1) is 11.8 Å². The highest BCUT2D eigenvalue weighted by Gasteiger charge is 1.99. The van der Waals surface area contributed by atoms with Gasteiger partial charge in [0.15, 0.2) is 0 Å². The topological polar surface area (TPSA) is 0 Å². The Balaban J connectivity index is 0. The number of hydrogen-bond donors (Lipinski definition) is 0. The summed E-state index contributed by atoms with van der Waals surface area (Å²) in [5, 5.41) is 0. The summed E-state index contributed by atoms with van der Waals surface area (Å²) >= 11 is 0. The van der Waals surface area contributed by atoms with Crippen LogP contribution in [0.3, 0.4) is 0 Å². The molecule has 0 bridgehead atoms. The molecule has 0 N–H and O–H groups in total. The van der Waals surface area contributed by atoms with Crippen molar-refractivity contribution in [3.63, 3.8) is 0 Å². The molecule has 0 heterocycles. The lowest BCUT2D eigenvalue weighted by molar-refractivity contribution is 0.441. The van der Waals surface area contributed by atoms with Gasteiger partial charge in [-0.2, -0.15) is 0 Å². The summed E-state index contributed by atoms with van der Waals surface area (Å²) in [5.41, 5.74) is 0. The molecule has 0 saturated carbocycles. The van der Waals surface area contributed by atoms with Crippen molar-refractivity contribution < 1.29 is 0 Å². The van der Waals surface area contributed by atoms with E-state index in [1.807, 2.05) is 13.8 Å². The first-order chi connectivity index (χ1) is 5.16. The summed E-state index contributed by atoms with van der Waals surface area (Å²) in [6.07, 6.45) is 4.15. The first kappa shape index (κ1) is 13.6. The van der Waals surface area contributed by atoms with Gasteiger partial charge in [0.1, 0.15) is 0 Å². The molecule has 0 spiro atoms. The van der Waals surface area contributed by atoms with Crippen molar-refractivity contribution in [3.05, 3.63) is 0 Å². The number of hydrogen-bond acceptors (Lipinski definition) is 0. The van der Waals surface area contributed by atoms with Crippen LogP contribution < -0.4 is 0 Å². The van der Waals surface area contributed by atoms with Crippen LogP contribution in [0.4, 0.5) is 0 Å². The van der Waals surface area contributed by atoms with E-state index in [9.17, 15) is 0 Å². The minimum atomic E-state index is 0.888. The van der Waals surface area contributed by atoms with E-state index in [0.29, 0.717) is 0 Å². The molecule has 0 amide bonds. The van der Waals surface area contributed by atoms with E-state index in [4.69, 9.17) is 0 Å². The second kappa shape index (κ2) is 10.0. The fourth-order valence-corrected chi connectivity index (χ4v) is 0.822. The third kappa shape index (κ3) is 13.1. The van der Waals surface area contributed by atoms with Crippen LogP contribution in [0.25, 0.3) is 0 Å². The first-order valence-electron chi connectivity index (χ1n) is 5.16. The van der Waals surface area contributed by atoms with Crippen LogP contribution in [0.5, 0.6) is 0 Å². The molecule has 0 fully saturated rings. The van der Waals surface area contributed by atoms with Gasteiger partial charge in [-0.15, -0.1) is 0 Å². The van der Waals surface area contributed by atoms with Crippen LogP contribution in [-0.4, -0.2) is 0 Å². The third-order valence-electron chi connectivity index (χ3n) is 1.93. The molecule has 0 unspecified atom stereocenters. The van der Waals surface area contributed by atoms with Crippen LogP contribution in [-0.2, 0) is 0 Å². The van der Waals surface area contributed by atoms with Gasteiger partial charge >= 0.3 is 0 Å². The van der Waals surface area contributed by atoms with Crippen molar-refractivity contribution in [1.29, 1.82) is 0 Å². The van der Waals surface area contributed by atoms with Gasteiger partial charge in [0.05, 0.1) is 0 Å². The largest absolute Gasteiger partial charge is 0.0683 e. The van der Waals surface area contributed by atoms with E-state index in [0.717, 1.165) is 11.8 Å². The molecule has 0 aliphatic rings. The second-order valence-corrected chi connectivity index (χ2v) is 3.48. The molecule has 11 heavy (non-hydrogen) atoms. The lowest BCUT2D eigenvalue weighted by Gasteiger charge is -2.09. The van der Waals surface area contributed by atoms with E-state index in [2.05, 4.69) is 27.7 Å². The van der Waals surface area contributed by atoms with E-state index < -0.39 is 0 Å². The Kier molecular flexibility index (Phi) is 12.3. The Bertz CT molecular complexity index is 55.1. The highest BCUT2D eigenvalue weighted by molar-refractivity contribution is 4.52. The Morgan fingerprint density at radius 1 is 0.909 bits per heavy atom. The van der Waals surface area contributed by atoms with E-state index in [-0.39, 0.29) is 0 Å². The second-order valence-electron chi connectivity index (χ2n) is 3.48. The van der Waals surface area contributed by atoms with Crippen LogP contribution in [0.1, 0.15) is 60.8 Å². The van der Waals surface area contributed by atoms with E-state index >= 15 is 0 Å². The summed E-state index contributed by atoms with van der Waals surface area (Å²) in [6, 6.07) is 0. The molecule has 0 aliphatic carbocycles. The van der Waals surface area contributed by atoms with Gasteiger partial charge in [0, 0.05) is 0 Å². The summed E-state index contributed by atoms with van der Waals surface area (Å²) < 4.78 is 0. The van der Waals surface area contributed by atoms with Gasteiger partial charge < -0.3 is 0 Å². The van der Waals surface area contributed by atoms with Crippen molar-refractivity contribution in [1.82, 2.24) is 0 Å². The molecule has 0 nitrogen and oxygen atoms in total. The molecular formula is C11H26. The molecule has 0 rings (SSSR count). The Labute approximate surface area is 73.4 Å². The van der Waals surface area contributed by atoms with Gasteiger partial charge in [-0.3, -0.25) is 0 Å². The van der Waals surface area contributed by atoms with Crippen molar-refractivity contribution in [2.75, 3.05) is 0 Å². The zero-order valence-electron chi connectivity index (χ0n) is 9.28. The monoisotopic (exact) mass is 158 g/mol. The zero-order chi connectivity index (χ0) is 9.28. The maximum atomic E-state index is 2.34. The molecule has 0 aromatic heterocycles. The van der Waals surface area contributed by atoms with Crippen LogP contribution in [0.15, 0.2) is 0 Å². The standard InChI is InChI=1S/C9H20.C2H6/c1-5-9(4)7-6-8(2)3;1-2/h8-9H,5-7H2,1-4H3;1-2H3/t9-;/m0./s1. The summed E-state index contributed by atoms with van der Waals surface area (Å²) in [4.78, 5) is 0. The van der Waals surface area contributed by atoms with Crippen molar-refractivity contribution in [3.8, 4) is 0 Å². The maximum Gasteiger partial charge on any atom is -0.0445 e. The molecule has 0 heteroatoms. The van der Waals surface area contributed by atoms with Crippen LogP contribution in [0.2, 0.25) is 0 Å². The average Bonchev–Trinajstić information content (AvgIpc) is 2.04. The molecule has 70 valence electrons. The minimum absolute atomic E-state index is 0.888. The normalized spacial score (nSPS) is 12.3. The van der Waals surface area contributed by atoms with Gasteiger partial charge in [0.25, 0.3) is 0 Å². The molecule has 0 radical (unpaired) electrons. The van der Waals surface area contributed by atoms with E-state index in [1.54, 1.807) is 0 Å². The Morgan fingerprint density at radius 3 is 1.64 bits per heavy atom. The smallest absolute Gasteiger partial charge is 0.0445 e. The zero-order valence-corrected chi connectivity index (χ0v) is 9.28. The highest BCUT2D eigenvalue weighted by atomic mass is 14.1. The van der Waals surface area contributed by atoms with Crippen molar-refractivity contribution in [2.45, 2.75) is 60.8 Å². The van der Waals surface area contributed by atoms with Crippen molar-refractivity contribution in [2.24, 2.45) is 11.8 Å². The van der Waals surface area contributed by atoms with E-state index in [1.165, 1.54) is 19.3 Å². The van der Waals surface area contributed by atoms with Gasteiger partial charge in [-0.1, -0.05) is 60.8 Å². The predicted molar refractivity (Wildman–Crippen MR) is 54.9 cm³/mol. The molecule has 0 aromatic carbocycles. The van der Waals surface area contributed by atoms with Gasteiger partial charge in [-0.25, -0.2) is 0 Å². The SMILES string of the molecule is CC.CC[C@H](C)CCC(C)C. The quantitative estimate of drug-likeness (QED) is 0.565. The van der Waals surface area contributed by atoms with Crippen molar-refractivity contribution >= 4 is 0 Å². The minimum Gasteiger partial charge on any atom is -0.0683 e. The predicted octanol–water partition coefficient (Wildman–Crippen LogP) is 4.49. The average molecular weight is 158 g/mol. The van der Waals surface area contributed by atoms with Gasteiger partial charge in [-0.05, 0) is 11.8 Å². The summed E-state index contributed by atoms with van der Waals surface area (Å²) in [6.45, 7) is 13.2. The molecule has 0 aliphatic heterocycles. The van der Waals surface area contributed by atoms with Gasteiger partial charge in [0.2, 0.25) is 0 Å². The number of rotatable bonds is 4. The summed E-state index contributed by atoms with van der Waals surface area (Å²) in [5.74, 6) is 1.83.